The Morgan fingerprint density at radius 1 is 1.38 bits per heavy atom. The van der Waals surface area contributed by atoms with Crippen LogP contribution >= 0.6 is 0 Å². The van der Waals surface area contributed by atoms with Crippen LogP contribution in [0.1, 0.15) is 24.1 Å². The molecule has 0 saturated heterocycles. The molecule has 3 rings (SSSR count). The van der Waals surface area contributed by atoms with Gasteiger partial charge in [-0.05, 0) is 32.3 Å². The summed E-state index contributed by atoms with van der Waals surface area (Å²) < 4.78 is 2.32. The third-order valence-corrected chi connectivity index (χ3v) is 3.55. The highest BCUT2D eigenvalue weighted by molar-refractivity contribution is 5.44. The highest BCUT2D eigenvalue weighted by Gasteiger charge is 2.16. The number of aromatic nitrogens is 1. The van der Waals surface area contributed by atoms with E-state index < -0.39 is 0 Å². The first kappa shape index (κ1) is 9.64. The van der Waals surface area contributed by atoms with Gasteiger partial charge in [-0.3, -0.25) is 4.79 Å². The van der Waals surface area contributed by atoms with Crippen molar-refractivity contribution in [3.8, 4) is 0 Å². The highest BCUT2D eigenvalue weighted by atomic mass is 16.1. The van der Waals surface area contributed by atoms with E-state index in [0.29, 0.717) is 0 Å². The Bertz CT molecular complexity index is 647. The average Bonchev–Trinajstić information content (AvgIpc) is 2.64. The summed E-state index contributed by atoms with van der Waals surface area (Å²) in [5.74, 6) is 0. The van der Waals surface area contributed by atoms with Crippen LogP contribution < -0.4 is 16.0 Å². The van der Waals surface area contributed by atoms with E-state index in [1.165, 1.54) is 5.69 Å². The molecule has 2 heterocycles. The van der Waals surface area contributed by atoms with Crippen LogP contribution in [0.5, 0.6) is 0 Å². The maximum absolute atomic E-state index is 12.2. The lowest BCUT2D eigenvalue weighted by atomic mass is 10.1. The van der Waals surface area contributed by atoms with Crippen molar-refractivity contribution in [1.29, 1.82) is 0 Å². The Morgan fingerprint density at radius 3 is 3.12 bits per heavy atom. The second-order valence-corrected chi connectivity index (χ2v) is 4.49. The molecular weight excluding hydrogens is 198 g/mol. The lowest BCUT2D eigenvalue weighted by molar-refractivity contribution is 0.716. The van der Waals surface area contributed by atoms with Gasteiger partial charge in [0.05, 0.1) is 5.35 Å². The quantitative estimate of drug-likeness (QED) is 0.619. The van der Waals surface area contributed by atoms with Crippen molar-refractivity contribution in [1.82, 2.24) is 4.57 Å². The van der Waals surface area contributed by atoms with Crippen LogP contribution in [0.15, 0.2) is 16.9 Å². The van der Waals surface area contributed by atoms with Crippen LogP contribution in [0.2, 0.25) is 0 Å². The van der Waals surface area contributed by atoms with Gasteiger partial charge in [-0.25, -0.2) is 0 Å². The second-order valence-electron chi connectivity index (χ2n) is 4.49. The number of pyridine rings is 1. The number of fused-ring (bicyclic) bond motifs is 3. The summed E-state index contributed by atoms with van der Waals surface area (Å²) in [4.78, 5) is 12.2. The maximum atomic E-state index is 12.2. The van der Waals surface area contributed by atoms with E-state index in [0.717, 1.165) is 41.9 Å². The van der Waals surface area contributed by atoms with Gasteiger partial charge in [-0.1, -0.05) is 18.2 Å². The molecule has 2 nitrogen and oxygen atoms in total. The molecule has 1 aliphatic heterocycles. The zero-order valence-electron chi connectivity index (χ0n) is 9.49. The molecular formula is C14H15NO. The monoisotopic (exact) mass is 213 g/mol. The summed E-state index contributed by atoms with van der Waals surface area (Å²) in [7, 11) is 0. The predicted octanol–water partition coefficient (Wildman–Crippen LogP) is 0.624. The summed E-state index contributed by atoms with van der Waals surface area (Å²) in [6.07, 6.45) is 11.3. The van der Waals surface area contributed by atoms with Gasteiger partial charge < -0.3 is 4.57 Å². The van der Waals surface area contributed by atoms with E-state index in [4.69, 9.17) is 0 Å². The predicted molar refractivity (Wildman–Crippen MR) is 65.7 cm³/mol. The summed E-state index contributed by atoms with van der Waals surface area (Å²) in [6.45, 7) is 3.02. The molecule has 0 N–H and O–H groups in total. The first-order valence-corrected chi connectivity index (χ1v) is 5.88. The molecule has 1 aromatic heterocycles. The molecule has 2 aliphatic rings. The molecule has 0 atom stereocenters. The minimum absolute atomic E-state index is 0.225. The highest BCUT2D eigenvalue weighted by Crippen LogP contribution is 2.12. The van der Waals surface area contributed by atoms with E-state index in [1.807, 2.05) is 6.92 Å². The second kappa shape index (κ2) is 3.48. The lowest BCUT2D eigenvalue weighted by Gasteiger charge is -2.08. The van der Waals surface area contributed by atoms with Crippen molar-refractivity contribution in [2.45, 2.75) is 32.7 Å². The van der Waals surface area contributed by atoms with E-state index in [1.54, 1.807) is 0 Å². The van der Waals surface area contributed by atoms with Crippen molar-refractivity contribution in [3.63, 3.8) is 0 Å². The molecule has 0 spiro atoms. The van der Waals surface area contributed by atoms with Crippen molar-refractivity contribution >= 4 is 12.2 Å². The van der Waals surface area contributed by atoms with Crippen LogP contribution in [-0.2, 0) is 13.0 Å². The van der Waals surface area contributed by atoms with Gasteiger partial charge in [0.2, 0.25) is 0 Å². The Kier molecular flexibility index (Phi) is 2.10. The van der Waals surface area contributed by atoms with Crippen molar-refractivity contribution in [2.75, 3.05) is 0 Å². The number of rotatable bonds is 0. The summed E-state index contributed by atoms with van der Waals surface area (Å²) >= 11 is 0. The fourth-order valence-corrected chi connectivity index (χ4v) is 2.73. The van der Waals surface area contributed by atoms with Crippen LogP contribution in [0, 0.1) is 6.92 Å². The van der Waals surface area contributed by atoms with Gasteiger partial charge in [-0.2, -0.15) is 0 Å². The van der Waals surface area contributed by atoms with Crippen LogP contribution in [0.25, 0.3) is 12.2 Å². The van der Waals surface area contributed by atoms with Gasteiger partial charge >= 0.3 is 0 Å². The van der Waals surface area contributed by atoms with E-state index in [2.05, 4.69) is 28.9 Å². The minimum Gasteiger partial charge on any atom is -0.344 e. The van der Waals surface area contributed by atoms with Crippen LogP contribution in [-0.4, -0.2) is 4.57 Å². The lowest BCUT2D eigenvalue weighted by Crippen LogP contribution is -2.46. The third kappa shape index (κ3) is 1.22. The van der Waals surface area contributed by atoms with Gasteiger partial charge in [0, 0.05) is 23.0 Å². The fraction of sp³-hybridized carbons (Fsp3) is 0.357. The molecule has 16 heavy (non-hydrogen) atoms. The molecule has 82 valence electrons. The molecule has 1 aromatic rings. The summed E-state index contributed by atoms with van der Waals surface area (Å²) in [5, 5.41) is 2.00. The van der Waals surface area contributed by atoms with Gasteiger partial charge in [0.15, 0.2) is 5.43 Å². The van der Waals surface area contributed by atoms with Crippen LogP contribution in [0.4, 0.5) is 0 Å². The number of allylic oxidation sites excluding steroid dienone is 2. The number of hydrogen-bond acceptors (Lipinski definition) is 1. The SMILES string of the molecule is Cc1c2n(c3c(c1=O)=CCC=CC=3)CCC2. The molecule has 0 unspecified atom stereocenters. The Balaban J connectivity index is 2.56. The molecule has 0 radical (unpaired) electrons. The van der Waals surface area contributed by atoms with Gasteiger partial charge in [0.25, 0.3) is 0 Å². The largest absolute Gasteiger partial charge is 0.344 e. The third-order valence-electron chi connectivity index (χ3n) is 3.55. The van der Waals surface area contributed by atoms with Crippen molar-refractivity contribution in [3.05, 3.63) is 44.2 Å². The smallest absolute Gasteiger partial charge is 0.192 e. The molecule has 2 heteroatoms. The Labute approximate surface area is 94.2 Å². The van der Waals surface area contributed by atoms with Gasteiger partial charge in [-0.15, -0.1) is 0 Å². The number of hydrogen-bond donors (Lipinski definition) is 0. The van der Waals surface area contributed by atoms with E-state index >= 15 is 0 Å². The summed E-state index contributed by atoms with van der Waals surface area (Å²) in [5.41, 5.74) is 2.41. The van der Waals surface area contributed by atoms with Crippen LogP contribution in [0.3, 0.4) is 0 Å². The van der Waals surface area contributed by atoms with E-state index in [9.17, 15) is 4.79 Å². The molecule has 1 aliphatic carbocycles. The van der Waals surface area contributed by atoms with Crippen molar-refractivity contribution < 1.29 is 0 Å². The minimum atomic E-state index is 0.225. The zero-order valence-corrected chi connectivity index (χ0v) is 9.49. The normalized spacial score (nSPS) is 17.1. The van der Waals surface area contributed by atoms with Gasteiger partial charge in [0.1, 0.15) is 0 Å². The number of nitrogens with zero attached hydrogens (tertiary/aromatic N) is 1. The zero-order chi connectivity index (χ0) is 11.1. The van der Waals surface area contributed by atoms with E-state index in [-0.39, 0.29) is 5.43 Å². The maximum Gasteiger partial charge on any atom is 0.192 e. The fourth-order valence-electron chi connectivity index (χ4n) is 2.73. The average molecular weight is 213 g/mol. The molecule has 0 bridgehead atoms. The molecule has 0 amide bonds. The molecule has 0 fully saturated rings. The van der Waals surface area contributed by atoms with Crippen molar-refractivity contribution in [2.24, 2.45) is 0 Å². The topological polar surface area (TPSA) is 22.0 Å². The standard InChI is InChI=1S/C14H15NO/c1-10-12-8-5-9-15(12)13-7-4-2-3-6-11(13)14(10)16/h2,4,6-7H,3,5,8-9H2,1H3. The summed E-state index contributed by atoms with van der Waals surface area (Å²) in [6, 6.07) is 0. The molecule has 0 saturated carbocycles. The first-order chi connectivity index (χ1) is 7.79. The molecule has 0 aromatic carbocycles. The Morgan fingerprint density at radius 2 is 2.25 bits per heavy atom. The Hall–Kier alpha value is -1.57. The first-order valence-electron chi connectivity index (χ1n) is 5.88.